The number of sulfonamides is 1. The molecule has 0 amide bonds. The molecule has 5 nitrogen and oxygen atoms in total. The number of nitrogens with one attached hydrogen (secondary N) is 1. The lowest BCUT2D eigenvalue weighted by molar-refractivity contribution is -0.0498. The number of ether oxygens (including phenoxy) is 1. The van der Waals surface area contributed by atoms with E-state index in [9.17, 15) is 17.2 Å². The van der Waals surface area contributed by atoms with E-state index >= 15 is 0 Å². The monoisotopic (exact) mass is 402 g/mol. The van der Waals surface area contributed by atoms with Gasteiger partial charge >= 0.3 is 6.61 Å². The van der Waals surface area contributed by atoms with Crippen LogP contribution in [0.25, 0.3) is 6.08 Å². The molecule has 0 saturated carbocycles. The van der Waals surface area contributed by atoms with E-state index in [2.05, 4.69) is 42.1 Å². The minimum atomic E-state index is -3.57. The zero-order valence-corrected chi connectivity index (χ0v) is 17.0. The number of allylic oxidation sites excluding steroid dienone is 1. The van der Waals surface area contributed by atoms with Gasteiger partial charge in [-0.25, -0.2) is 13.1 Å². The molecule has 0 spiro atoms. The van der Waals surface area contributed by atoms with E-state index in [4.69, 9.17) is 0 Å². The summed E-state index contributed by atoms with van der Waals surface area (Å²) >= 11 is 0. The van der Waals surface area contributed by atoms with Crippen LogP contribution < -0.4 is 9.46 Å². The highest BCUT2D eigenvalue weighted by molar-refractivity contribution is 7.93. The molecular weight excluding hydrogens is 374 g/mol. The van der Waals surface area contributed by atoms with E-state index in [1.54, 1.807) is 12.1 Å². The maximum absolute atomic E-state index is 12.6. The zero-order chi connectivity index (χ0) is 20.2. The average Bonchev–Trinajstić information content (AvgIpc) is 2.57. The number of nitrogens with zero attached hydrogens (tertiary/aromatic N) is 1. The molecule has 2 rings (SSSR count). The lowest BCUT2D eigenvalue weighted by atomic mass is 9.97. The van der Waals surface area contributed by atoms with Crippen LogP contribution in [0, 0.1) is 0 Å². The first-order valence-corrected chi connectivity index (χ1v) is 10.6. The molecule has 0 saturated heterocycles. The highest BCUT2D eigenvalue weighted by Crippen LogP contribution is 2.30. The van der Waals surface area contributed by atoms with Gasteiger partial charge in [0.25, 0.3) is 0 Å². The Morgan fingerprint density at radius 2 is 1.81 bits per heavy atom. The van der Waals surface area contributed by atoms with Crippen molar-refractivity contribution in [2.75, 3.05) is 13.1 Å². The van der Waals surface area contributed by atoms with Crippen LogP contribution in [-0.4, -0.2) is 45.1 Å². The van der Waals surface area contributed by atoms with Crippen molar-refractivity contribution in [2.24, 2.45) is 0 Å². The number of hydrogen-bond donors (Lipinski definition) is 1. The van der Waals surface area contributed by atoms with Crippen molar-refractivity contribution in [2.45, 2.75) is 59.2 Å². The van der Waals surface area contributed by atoms with E-state index in [0.717, 1.165) is 5.56 Å². The molecule has 1 N–H and O–H groups in total. The number of alkyl halides is 2. The van der Waals surface area contributed by atoms with E-state index in [1.165, 1.54) is 12.1 Å². The predicted molar refractivity (Wildman–Crippen MR) is 103 cm³/mol. The summed E-state index contributed by atoms with van der Waals surface area (Å²) in [7, 11) is -3.57. The van der Waals surface area contributed by atoms with E-state index in [1.807, 2.05) is 0 Å². The topological polar surface area (TPSA) is 58.6 Å². The van der Waals surface area contributed by atoms with Crippen LogP contribution in [0.1, 0.15) is 45.2 Å². The van der Waals surface area contributed by atoms with Crippen molar-refractivity contribution in [3.05, 3.63) is 34.2 Å². The molecule has 1 aromatic carbocycles. The highest BCUT2D eigenvalue weighted by atomic mass is 32.2. The second-order valence-corrected chi connectivity index (χ2v) is 8.99. The first-order chi connectivity index (χ1) is 12.6. The van der Waals surface area contributed by atoms with Crippen molar-refractivity contribution >= 4 is 16.1 Å². The highest BCUT2D eigenvalue weighted by Gasteiger charge is 2.23. The quantitative estimate of drug-likeness (QED) is 0.686. The third kappa shape index (κ3) is 5.99. The first-order valence-electron chi connectivity index (χ1n) is 9.14. The third-order valence-electron chi connectivity index (χ3n) is 4.63. The average molecular weight is 403 g/mol. The summed E-state index contributed by atoms with van der Waals surface area (Å²) in [6.45, 7) is 6.43. The van der Waals surface area contributed by atoms with Crippen molar-refractivity contribution in [1.29, 1.82) is 0 Å². The second kappa shape index (κ2) is 9.12. The molecule has 8 heteroatoms. The molecule has 0 aliphatic heterocycles. The number of hydrogen-bond acceptors (Lipinski definition) is 4. The van der Waals surface area contributed by atoms with Gasteiger partial charge in [0.15, 0.2) is 0 Å². The summed E-state index contributed by atoms with van der Waals surface area (Å²) in [6, 6.07) is 5.24. The molecule has 1 aliphatic rings. The van der Waals surface area contributed by atoms with Crippen LogP contribution in [0.15, 0.2) is 23.1 Å². The van der Waals surface area contributed by atoms with Crippen LogP contribution in [-0.2, 0) is 16.4 Å². The third-order valence-corrected chi connectivity index (χ3v) is 6.23. The number of benzene rings is 1. The Balaban J connectivity index is 2.06. The van der Waals surface area contributed by atoms with E-state index < -0.39 is 16.6 Å². The van der Waals surface area contributed by atoms with Gasteiger partial charge in [0.05, 0.1) is 4.91 Å². The van der Waals surface area contributed by atoms with E-state index in [-0.39, 0.29) is 5.75 Å². The Morgan fingerprint density at radius 3 is 2.41 bits per heavy atom. The van der Waals surface area contributed by atoms with Gasteiger partial charge < -0.3 is 4.74 Å². The normalized spacial score (nSPS) is 14.8. The van der Waals surface area contributed by atoms with Gasteiger partial charge in [-0.05, 0) is 69.9 Å². The van der Waals surface area contributed by atoms with Gasteiger partial charge in [-0.1, -0.05) is 6.07 Å². The van der Waals surface area contributed by atoms with Gasteiger partial charge in [0, 0.05) is 25.2 Å². The Bertz CT molecular complexity index is 769. The maximum Gasteiger partial charge on any atom is 0.387 e. The molecule has 27 heavy (non-hydrogen) atoms. The van der Waals surface area contributed by atoms with Crippen LogP contribution in [0.5, 0.6) is 5.75 Å². The molecule has 0 fully saturated rings. The fourth-order valence-electron chi connectivity index (χ4n) is 3.35. The largest absolute Gasteiger partial charge is 0.435 e. The van der Waals surface area contributed by atoms with Gasteiger partial charge in [0.1, 0.15) is 5.75 Å². The molecule has 1 aliphatic carbocycles. The summed E-state index contributed by atoms with van der Waals surface area (Å²) in [5.41, 5.74) is 1.52. The van der Waals surface area contributed by atoms with Gasteiger partial charge in [-0.15, -0.1) is 0 Å². The van der Waals surface area contributed by atoms with Gasteiger partial charge in [0.2, 0.25) is 10.0 Å². The Hall–Kier alpha value is -1.51. The van der Waals surface area contributed by atoms with Crippen molar-refractivity contribution < 1.29 is 21.9 Å². The minimum Gasteiger partial charge on any atom is -0.435 e. The van der Waals surface area contributed by atoms with Gasteiger partial charge in [-0.2, -0.15) is 8.78 Å². The summed E-state index contributed by atoms with van der Waals surface area (Å²) in [6.07, 6.45) is 2.40. The standard InChI is InChI=1S/C19H28F2N2O3S/c1-13(2)23(14(3)4)10-9-22-27(24,25)18-8-6-15-11-17(26-19(20)21)7-5-16(15)12-18/h5,7,11-14,19,22H,6,8-10H2,1-4H3. The second-order valence-electron chi connectivity index (χ2n) is 7.17. The molecule has 0 atom stereocenters. The van der Waals surface area contributed by atoms with Crippen molar-refractivity contribution in [1.82, 2.24) is 9.62 Å². The molecular formula is C19H28F2N2O3S. The van der Waals surface area contributed by atoms with Crippen LogP contribution in [0.2, 0.25) is 0 Å². The predicted octanol–water partition coefficient (Wildman–Crippen LogP) is 3.61. The summed E-state index contributed by atoms with van der Waals surface area (Å²) in [4.78, 5) is 2.54. The van der Waals surface area contributed by atoms with Crippen LogP contribution >= 0.6 is 0 Å². The molecule has 0 aromatic heterocycles. The zero-order valence-electron chi connectivity index (χ0n) is 16.2. The number of rotatable bonds is 9. The number of aryl methyl sites for hydroxylation is 1. The summed E-state index contributed by atoms with van der Waals surface area (Å²) < 4.78 is 56.9. The van der Waals surface area contributed by atoms with Crippen molar-refractivity contribution in [3.8, 4) is 5.75 Å². The maximum atomic E-state index is 12.6. The summed E-state index contributed by atoms with van der Waals surface area (Å²) in [5.74, 6) is 0.0871. The van der Waals surface area contributed by atoms with Gasteiger partial charge in [-0.3, -0.25) is 4.90 Å². The van der Waals surface area contributed by atoms with E-state index in [0.29, 0.717) is 48.5 Å². The fraction of sp³-hybridized carbons (Fsp3) is 0.579. The Kier molecular flexibility index (Phi) is 7.36. The fourth-order valence-corrected chi connectivity index (χ4v) is 4.54. The molecule has 0 unspecified atom stereocenters. The molecule has 1 aromatic rings. The molecule has 0 bridgehead atoms. The Morgan fingerprint density at radius 1 is 1.15 bits per heavy atom. The lowest BCUT2D eigenvalue weighted by Crippen LogP contribution is -2.42. The van der Waals surface area contributed by atoms with Crippen LogP contribution in [0.3, 0.4) is 0 Å². The number of fused-ring (bicyclic) bond motifs is 1. The van der Waals surface area contributed by atoms with Crippen molar-refractivity contribution in [3.63, 3.8) is 0 Å². The smallest absolute Gasteiger partial charge is 0.387 e. The summed E-state index contributed by atoms with van der Waals surface area (Å²) in [5, 5.41) is 0. The molecule has 0 heterocycles. The lowest BCUT2D eigenvalue weighted by Gasteiger charge is -2.30. The Labute approximate surface area is 160 Å². The SMILES string of the molecule is CC(C)N(CCNS(=O)(=O)C1=Cc2ccc(OC(F)F)cc2CC1)C(C)C. The first kappa shape index (κ1) is 21.8. The molecule has 0 radical (unpaired) electrons. The molecule has 152 valence electrons. The number of halogens is 2. The van der Waals surface area contributed by atoms with Crippen LogP contribution in [0.4, 0.5) is 8.78 Å². The minimum absolute atomic E-state index is 0.0871.